The number of benzene rings is 2. The van der Waals surface area contributed by atoms with E-state index in [4.69, 9.17) is 15.2 Å². The van der Waals surface area contributed by atoms with E-state index in [1.54, 1.807) is 25.1 Å². The summed E-state index contributed by atoms with van der Waals surface area (Å²) in [5.74, 6) is 0.139. The number of halogens is 3. The molecule has 0 radical (unpaired) electrons. The van der Waals surface area contributed by atoms with Gasteiger partial charge in [0.2, 0.25) is 5.91 Å². The monoisotopic (exact) mass is 557 g/mol. The molecule has 2 aromatic carbocycles. The van der Waals surface area contributed by atoms with Crippen LogP contribution in [0, 0.1) is 11.8 Å². The highest BCUT2D eigenvalue weighted by atomic mass is 19.4. The van der Waals surface area contributed by atoms with Gasteiger partial charge >= 0.3 is 6.18 Å². The number of carbonyl (C=O) groups excluding carboxylic acids is 1. The van der Waals surface area contributed by atoms with E-state index >= 15 is 0 Å². The molecule has 3 heterocycles. The molecule has 40 heavy (non-hydrogen) atoms. The first-order valence-corrected chi connectivity index (χ1v) is 12.9. The summed E-state index contributed by atoms with van der Waals surface area (Å²) in [5, 5.41) is 7.55. The summed E-state index contributed by atoms with van der Waals surface area (Å²) in [4.78, 5) is 27.2. The van der Waals surface area contributed by atoms with Crippen LogP contribution in [-0.2, 0) is 17.4 Å². The SMILES string of the molecule is COc1cc(OC)cc(-c2nn(-c3cc(N4CCC(C(C)C(N)=O)C4)ccc3C(F)(F)F)c(=O)c3c2CCN3)c1. The number of fused-ring (bicyclic) bond motifs is 1. The second-order valence-electron chi connectivity index (χ2n) is 10.1. The van der Waals surface area contributed by atoms with Crippen LogP contribution in [0.15, 0.2) is 41.2 Å². The lowest BCUT2D eigenvalue weighted by Gasteiger charge is -2.23. The quantitative estimate of drug-likeness (QED) is 0.454. The maximum atomic E-state index is 14.3. The van der Waals surface area contributed by atoms with E-state index < -0.39 is 23.2 Å². The average Bonchev–Trinajstić information content (AvgIpc) is 3.62. The zero-order chi connectivity index (χ0) is 28.8. The normalized spacial score (nSPS) is 17.4. The van der Waals surface area contributed by atoms with Gasteiger partial charge in [-0.15, -0.1) is 0 Å². The van der Waals surface area contributed by atoms with E-state index in [1.165, 1.54) is 26.4 Å². The minimum atomic E-state index is -4.74. The summed E-state index contributed by atoms with van der Waals surface area (Å²) < 4.78 is 54.4. The molecule has 212 valence electrons. The molecule has 3 aromatic rings. The lowest BCUT2D eigenvalue weighted by atomic mass is 9.93. The Bertz CT molecular complexity index is 1500. The fourth-order valence-electron chi connectivity index (χ4n) is 5.43. The first kappa shape index (κ1) is 27.4. The number of amides is 1. The standard InChI is InChI=1S/C28H30F3N5O4/c1-15(26(32)37)16-7-9-35(14-16)18-4-5-22(28(29,30)31)23(12-18)36-27(38)25-21(6-8-33-25)24(34-36)17-10-19(39-2)13-20(11-17)40-3/h4-5,10-13,15-16,33H,6-9,14H2,1-3H3,(H2,32,37). The number of nitrogens with zero attached hydrogens (tertiary/aromatic N) is 3. The van der Waals surface area contributed by atoms with Gasteiger partial charge in [-0.05, 0) is 49.1 Å². The molecular weight excluding hydrogens is 527 g/mol. The van der Waals surface area contributed by atoms with E-state index in [-0.39, 0.29) is 23.2 Å². The predicted molar refractivity (Wildman–Crippen MR) is 144 cm³/mol. The first-order chi connectivity index (χ1) is 19.0. The van der Waals surface area contributed by atoms with Crippen LogP contribution in [0.2, 0.25) is 0 Å². The van der Waals surface area contributed by atoms with Crippen molar-refractivity contribution in [2.75, 3.05) is 44.1 Å². The number of rotatable bonds is 7. The molecule has 2 atom stereocenters. The number of methoxy groups -OCH3 is 2. The van der Waals surface area contributed by atoms with Gasteiger partial charge in [-0.3, -0.25) is 9.59 Å². The van der Waals surface area contributed by atoms with Crippen LogP contribution in [0.3, 0.4) is 0 Å². The third-order valence-corrected chi connectivity index (χ3v) is 7.76. The van der Waals surface area contributed by atoms with Crippen molar-refractivity contribution in [3.8, 4) is 28.4 Å². The molecule has 2 unspecified atom stereocenters. The average molecular weight is 558 g/mol. The number of carbonyl (C=O) groups is 1. The minimum Gasteiger partial charge on any atom is -0.497 e. The molecule has 1 amide bonds. The summed E-state index contributed by atoms with van der Waals surface area (Å²) in [6, 6.07) is 8.76. The fraction of sp³-hybridized carbons (Fsp3) is 0.393. The predicted octanol–water partition coefficient (Wildman–Crippen LogP) is 3.85. The number of anilines is 2. The number of primary amides is 1. The van der Waals surface area contributed by atoms with Crippen LogP contribution in [0.5, 0.6) is 11.5 Å². The fourth-order valence-corrected chi connectivity index (χ4v) is 5.43. The Hall–Kier alpha value is -4.22. The molecule has 0 bridgehead atoms. The summed E-state index contributed by atoms with van der Waals surface area (Å²) in [6.45, 7) is 3.20. The molecule has 0 saturated carbocycles. The molecule has 2 aliphatic heterocycles. The Morgan fingerprint density at radius 3 is 2.48 bits per heavy atom. The number of aromatic nitrogens is 2. The van der Waals surface area contributed by atoms with Gasteiger partial charge in [-0.1, -0.05) is 6.92 Å². The van der Waals surface area contributed by atoms with Crippen molar-refractivity contribution < 1.29 is 27.4 Å². The molecule has 1 saturated heterocycles. The summed E-state index contributed by atoms with van der Waals surface area (Å²) in [5.41, 5.74) is 5.65. The molecule has 5 rings (SSSR count). The molecule has 1 aromatic heterocycles. The minimum absolute atomic E-state index is 0.0251. The number of hydrogen-bond donors (Lipinski definition) is 2. The summed E-state index contributed by atoms with van der Waals surface area (Å²) in [7, 11) is 2.99. The van der Waals surface area contributed by atoms with Crippen molar-refractivity contribution in [1.29, 1.82) is 0 Å². The largest absolute Gasteiger partial charge is 0.497 e. The third kappa shape index (κ3) is 4.93. The number of ether oxygens (including phenoxy) is 2. The highest BCUT2D eigenvalue weighted by Gasteiger charge is 2.37. The second kappa shape index (κ2) is 10.4. The Morgan fingerprint density at radius 1 is 1.15 bits per heavy atom. The van der Waals surface area contributed by atoms with Crippen LogP contribution in [0.25, 0.3) is 16.9 Å². The van der Waals surface area contributed by atoms with Crippen LogP contribution in [0.4, 0.5) is 24.5 Å². The van der Waals surface area contributed by atoms with Crippen LogP contribution in [-0.4, -0.2) is 49.5 Å². The lowest BCUT2D eigenvalue weighted by Crippen LogP contribution is -2.30. The van der Waals surface area contributed by atoms with Gasteiger partial charge in [-0.2, -0.15) is 23.0 Å². The van der Waals surface area contributed by atoms with Crippen molar-refractivity contribution in [2.24, 2.45) is 17.6 Å². The van der Waals surface area contributed by atoms with E-state index in [9.17, 15) is 22.8 Å². The van der Waals surface area contributed by atoms with Crippen LogP contribution < -0.4 is 31.0 Å². The van der Waals surface area contributed by atoms with Crippen molar-refractivity contribution >= 4 is 17.3 Å². The van der Waals surface area contributed by atoms with Crippen LogP contribution >= 0.6 is 0 Å². The van der Waals surface area contributed by atoms with Gasteiger partial charge in [0.05, 0.1) is 31.2 Å². The number of alkyl halides is 3. The molecule has 9 nitrogen and oxygen atoms in total. The third-order valence-electron chi connectivity index (χ3n) is 7.76. The lowest BCUT2D eigenvalue weighted by molar-refractivity contribution is -0.137. The van der Waals surface area contributed by atoms with Crippen LogP contribution in [0.1, 0.15) is 24.5 Å². The van der Waals surface area contributed by atoms with E-state index in [2.05, 4.69) is 10.4 Å². The molecule has 0 spiro atoms. The maximum Gasteiger partial charge on any atom is 0.418 e. The second-order valence-corrected chi connectivity index (χ2v) is 10.1. The smallest absolute Gasteiger partial charge is 0.418 e. The highest BCUT2D eigenvalue weighted by Crippen LogP contribution is 2.39. The van der Waals surface area contributed by atoms with E-state index in [1.807, 2.05) is 4.90 Å². The van der Waals surface area contributed by atoms with E-state index in [0.717, 1.165) is 10.7 Å². The number of hydrogen-bond acceptors (Lipinski definition) is 7. The van der Waals surface area contributed by atoms with Gasteiger partial charge in [0, 0.05) is 48.4 Å². The molecule has 2 aliphatic rings. The summed E-state index contributed by atoms with van der Waals surface area (Å²) in [6.07, 6.45) is -3.59. The van der Waals surface area contributed by atoms with Gasteiger partial charge in [0.15, 0.2) is 0 Å². The first-order valence-electron chi connectivity index (χ1n) is 12.9. The molecule has 3 N–H and O–H groups in total. The molecular formula is C28H30F3N5O4. The maximum absolute atomic E-state index is 14.3. The van der Waals surface area contributed by atoms with Gasteiger partial charge in [-0.25, -0.2) is 0 Å². The van der Waals surface area contributed by atoms with Gasteiger partial charge in [0.25, 0.3) is 5.56 Å². The molecule has 0 aliphatic carbocycles. The zero-order valence-corrected chi connectivity index (χ0v) is 22.3. The van der Waals surface area contributed by atoms with Crippen molar-refractivity contribution in [1.82, 2.24) is 9.78 Å². The van der Waals surface area contributed by atoms with Crippen molar-refractivity contribution in [2.45, 2.75) is 25.9 Å². The number of nitrogens with one attached hydrogen (secondary N) is 1. The Kier molecular flexibility index (Phi) is 7.11. The molecule has 1 fully saturated rings. The zero-order valence-electron chi connectivity index (χ0n) is 22.3. The molecule has 12 heteroatoms. The Morgan fingerprint density at radius 2 is 1.85 bits per heavy atom. The van der Waals surface area contributed by atoms with Gasteiger partial charge in [0.1, 0.15) is 17.2 Å². The van der Waals surface area contributed by atoms with Crippen molar-refractivity contribution in [3.05, 3.63) is 57.9 Å². The van der Waals surface area contributed by atoms with Crippen molar-refractivity contribution in [3.63, 3.8) is 0 Å². The Balaban J connectivity index is 1.68. The number of nitrogens with two attached hydrogens (primary N) is 1. The topological polar surface area (TPSA) is 112 Å². The van der Waals surface area contributed by atoms with Gasteiger partial charge < -0.3 is 25.4 Å². The highest BCUT2D eigenvalue weighted by molar-refractivity contribution is 5.77. The summed E-state index contributed by atoms with van der Waals surface area (Å²) >= 11 is 0. The Labute approximate surface area is 228 Å². The van der Waals surface area contributed by atoms with E-state index in [0.29, 0.717) is 66.5 Å².